The molecule has 4 aromatic rings. The summed E-state index contributed by atoms with van der Waals surface area (Å²) in [5.74, 6) is 1.43. The first kappa shape index (κ1) is 26.9. The molecule has 0 atom stereocenters. The SMILES string of the molecule is CCn1c(=O)c(-c2ncc(C3CCOCC3)cc2Cl)cc2cnc(Nc3ccc(C4CCN(C)CC4)cc3)nc21. The summed E-state index contributed by atoms with van der Waals surface area (Å²) in [7, 11) is 2.18. The average molecular weight is 559 g/mol. The second kappa shape index (κ2) is 11.6. The molecule has 6 rings (SSSR count). The molecule has 3 aromatic heterocycles. The number of nitrogens with zero attached hydrogens (tertiary/aromatic N) is 5. The molecule has 40 heavy (non-hydrogen) atoms. The van der Waals surface area contributed by atoms with Crippen LogP contribution in [-0.4, -0.2) is 57.8 Å². The molecule has 208 valence electrons. The molecule has 0 saturated carbocycles. The summed E-state index contributed by atoms with van der Waals surface area (Å²) in [6.07, 6.45) is 7.87. The third-order valence-electron chi connectivity index (χ3n) is 8.31. The Bertz CT molecular complexity index is 1560. The second-order valence-electron chi connectivity index (χ2n) is 10.9. The lowest BCUT2D eigenvalue weighted by molar-refractivity contribution is 0.0853. The fourth-order valence-corrected chi connectivity index (χ4v) is 6.17. The minimum absolute atomic E-state index is 0.171. The molecule has 1 aromatic carbocycles. The quantitative estimate of drug-likeness (QED) is 0.312. The number of piperidine rings is 1. The van der Waals surface area contributed by atoms with Crippen LogP contribution in [0.3, 0.4) is 0 Å². The summed E-state index contributed by atoms with van der Waals surface area (Å²) < 4.78 is 7.14. The molecule has 0 spiro atoms. The molecule has 0 bridgehead atoms. The van der Waals surface area contributed by atoms with Crippen molar-refractivity contribution in [3.63, 3.8) is 0 Å². The number of fused-ring (bicyclic) bond motifs is 1. The van der Waals surface area contributed by atoms with Crippen LogP contribution < -0.4 is 10.9 Å². The topological polar surface area (TPSA) is 85.2 Å². The lowest BCUT2D eigenvalue weighted by Gasteiger charge is -2.29. The van der Waals surface area contributed by atoms with Gasteiger partial charge in [-0.3, -0.25) is 14.3 Å². The van der Waals surface area contributed by atoms with E-state index in [0.717, 1.165) is 55.8 Å². The molecule has 8 nitrogen and oxygen atoms in total. The Balaban J connectivity index is 1.26. The lowest BCUT2D eigenvalue weighted by Crippen LogP contribution is -2.29. The van der Waals surface area contributed by atoms with Crippen LogP contribution in [0, 0.1) is 0 Å². The van der Waals surface area contributed by atoms with Crippen LogP contribution in [0.1, 0.15) is 55.6 Å². The van der Waals surface area contributed by atoms with E-state index >= 15 is 0 Å². The molecule has 0 radical (unpaired) electrons. The second-order valence-corrected chi connectivity index (χ2v) is 11.3. The normalized spacial score (nSPS) is 17.4. The zero-order chi connectivity index (χ0) is 27.6. The number of benzene rings is 1. The van der Waals surface area contributed by atoms with Crippen molar-refractivity contribution in [2.45, 2.75) is 51.0 Å². The number of ether oxygens (including phenoxy) is 1. The van der Waals surface area contributed by atoms with Gasteiger partial charge in [0.2, 0.25) is 5.95 Å². The molecule has 9 heteroatoms. The van der Waals surface area contributed by atoms with Crippen LogP contribution in [0.5, 0.6) is 0 Å². The zero-order valence-electron chi connectivity index (χ0n) is 23.1. The minimum Gasteiger partial charge on any atom is -0.381 e. The number of aryl methyl sites for hydroxylation is 1. The van der Waals surface area contributed by atoms with Crippen LogP contribution in [0.4, 0.5) is 11.6 Å². The van der Waals surface area contributed by atoms with E-state index in [1.807, 2.05) is 19.2 Å². The van der Waals surface area contributed by atoms with E-state index in [4.69, 9.17) is 21.3 Å². The number of anilines is 2. The zero-order valence-corrected chi connectivity index (χ0v) is 23.8. The summed E-state index contributed by atoms with van der Waals surface area (Å²) in [5, 5.41) is 4.54. The van der Waals surface area contributed by atoms with Gasteiger partial charge in [0.05, 0.1) is 16.3 Å². The minimum atomic E-state index is -0.171. The van der Waals surface area contributed by atoms with E-state index in [-0.39, 0.29) is 5.56 Å². The van der Waals surface area contributed by atoms with Crippen LogP contribution >= 0.6 is 11.6 Å². The Morgan fingerprint density at radius 3 is 2.40 bits per heavy atom. The van der Waals surface area contributed by atoms with Crippen molar-refractivity contribution in [1.29, 1.82) is 0 Å². The number of likely N-dealkylation sites (tertiary alicyclic amines) is 1. The van der Waals surface area contributed by atoms with Gasteiger partial charge in [0, 0.05) is 43.2 Å². The van der Waals surface area contributed by atoms with Gasteiger partial charge in [-0.25, -0.2) is 4.98 Å². The molecular formula is C31H35ClN6O2. The van der Waals surface area contributed by atoms with E-state index < -0.39 is 0 Å². The molecule has 1 N–H and O–H groups in total. The van der Waals surface area contributed by atoms with Crippen LogP contribution in [0.2, 0.25) is 5.02 Å². The van der Waals surface area contributed by atoms with Crippen LogP contribution in [0.15, 0.2) is 53.6 Å². The van der Waals surface area contributed by atoms with Crippen LogP contribution in [0.25, 0.3) is 22.3 Å². The first-order valence-electron chi connectivity index (χ1n) is 14.2. The maximum atomic E-state index is 13.6. The maximum Gasteiger partial charge on any atom is 0.261 e. The smallest absolute Gasteiger partial charge is 0.261 e. The fourth-order valence-electron chi connectivity index (χ4n) is 5.90. The first-order chi connectivity index (χ1) is 19.5. The van der Waals surface area contributed by atoms with Crippen molar-refractivity contribution in [3.05, 3.63) is 75.3 Å². The highest BCUT2D eigenvalue weighted by Crippen LogP contribution is 2.33. The number of hydrogen-bond donors (Lipinski definition) is 1. The van der Waals surface area contributed by atoms with Gasteiger partial charge in [-0.1, -0.05) is 23.7 Å². The van der Waals surface area contributed by atoms with Gasteiger partial charge in [0.15, 0.2) is 0 Å². The van der Waals surface area contributed by atoms with Crippen molar-refractivity contribution in [2.75, 3.05) is 38.7 Å². The van der Waals surface area contributed by atoms with E-state index in [2.05, 4.69) is 51.5 Å². The number of aromatic nitrogens is 4. The third-order valence-corrected chi connectivity index (χ3v) is 8.60. The van der Waals surface area contributed by atoms with Gasteiger partial charge in [-0.05, 0) is 100.0 Å². The molecular weight excluding hydrogens is 524 g/mol. The Hall–Kier alpha value is -3.33. The Kier molecular flexibility index (Phi) is 7.82. The van der Waals surface area contributed by atoms with E-state index in [0.29, 0.717) is 46.3 Å². The Morgan fingerprint density at radius 2 is 1.70 bits per heavy atom. The summed E-state index contributed by atoms with van der Waals surface area (Å²) >= 11 is 6.70. The Labute approximate surface area is 239 Å². The highest BCUT2D eigenvalue weighted by molar-refractivity contribution is 6.33. The number of nitrogens with one attached hydrogen (secondary N) is 1. The highest BCUT2D eigenvalue weighted by atomic mass is 35.5. The maximum absolute atomic E-state index is 13.6. The number of hydrogen-bond acceptors (Lipinski definition) is 7. The number of halogens is 1. The van der Waals surface area contributed by atoms with Crippen molar-refractivity contribution in [2.24, 2.45) is 0 Å². The van der Waals surface area contributed by atoms with Gasteiger partial charge in [0.25, 0.3) is 5.56 Å². The van der Waals surface area contributed by atoms with Gasteiger partial charge >= 0.3 is 0 Å². The van der Waals surface area contributed by atoms with Gasteiger partial charge < -0.3 is 15.0 Å². The predicted molar refractivity (Wildman–Crippen MR) is 160 cm³/mol. The average Bonchev–Trinajstić information content (AvgIpc) is 2.98. The van der Waals surface area contributed by atoms with Crippen molar-refractivity contribution in [1.82, 2.24) is 24.4 Å². The first-order valence-corrected chi connectivity index (χ1v) is 14.6. The fraction of sp³-hybridized carbons (Fsp3) is 0.419. The van der Waals surface area contributed by atoms with Gasteiger partial charge in [0.1, 0.15) is 5.65 Å². The molecule has 2 aliphatic heterocycles. The van der Waals surface area contributed by atoms with E-state index in [9.17, 15) is 4.79 Å². The summed E-state index contributed by atoms with van der Waals surface area (Å²) in [6.45, 7) is 6.17. The van der Waals surface area contributed by atoms with Crippen molar-refractivity contribution >= 4 is 34.3 Å². The summed E-state index contributed by atoms with van der Waals surface area (Å²) in [4.78, 5) is 29.9. The molecule has 5 heterocycles. The molecule has 2 aliphatic rings. The van der Waals surface area contributed by atoms with Gasteiger partial charge in [-0.15, -0.1) is 0 Å². The lowest BCUT2D eigenvalue weighted by atomic mass is 9.89. The molecule has 2 saturated heterocycles. The molecule has 2 fully saturated rings. The van der Waals surface area contributed by atoms with Crippen molar-refractivity contribution in [3.8, 4) is 11.3 Å². The highest BCUT2D eigenvalue weighted by Gasteiger charge is 2.21. The number of rotatable bonds is 6. The van der Waals surface area contributed by atoms with Crippen molar-refractivity contribution < 1.29 is 4.74 Å². The van der Waals surface area contributed by atoms with E-state index in [1.54, 1.807) is 16.8 Å². The largest absolute Gasteiger partial charge is 0.381 e. The third kappa shape index (κ3) is 5.48. The number of pyridine rings is 2. The van der Waals surface area contributed by atoms with Gasteiger partial charge in [-0.2, -0.15) is 4.98 Å². The predicted octanol–water partition coefficient (Wildman–Crippen LogP) is 5.97. The molecule has 0 unspecified atom stereocenters. The van der Waals surface area contributed by atoms with E-state index in [1.165, 1.54) is 18.4 Å². The molecule has 0 aliphatic carbocycles. The Morgan fingerprint density at radius 1 is 0.975 bits per heavy atom. The summed E-state index contributed by atoms with van der Waals surface area (Å²) in [5.41, 5.74) is 4.72. The van der Waals surface area contributed by atoms with Crippen LogP contribution in [-0.2, 0) is 11.3 Å². The monoisotopic (exact) mass is 558 g/mol. The standard InChI is InChI=1S/C31H35ClN6O2/c1-3-38-29-24(16-26(30(38)39)28-27(32)17-23(18-33-28)22-10-14-40-15-11-22)19-34-31(36-29)35-25-6-4-20(5-7-25)21-8-12-37(2)13-9-21/h4-7,16-19,21-22H,3,8-15H2,1-2H3,(H,34,35,36). The molecule has 0 amide bonds. The summed E-state index contributed by atoms with van der Waals surface area (Å²) in [6, 6.07) is 12.3.